The Hall–Kier alpha value is -0.580. The molecule has 5 heteroatoms. The molecule has 19 heavy (non-hydrogen) atoms. The van der Waals surface area contributed by atoms with E-state index < -0.39 is 0 Å². The monoisotopic (exact) mass is 336 g/mol. The van der Waals surface area contributed by atoms with E-state index in [0.717, 1.165) is 18.2 Å². The van der Waals surface area contributed by atoms with Crippen molar-refractivity contribution in [3.05, 3.63) is 0 Å². The van der Waals surface area contributed by atoms with Gasteiger partial charge in [0.05, 0.1) is 18.4 Å². The maximum absolute atomic E-state index is 11.3. The van der Waals surface area contributed by atoms with Crippen LogP contribution in [-0.2, 0) is 19.1 Å². The third-order valence-electron chi connectivity index (χ3n) is 2.55. The molecule has 0 amide bonds. The summed E-state index contributed by atoms with van der Waals surface area (Å²) in [5, 5.41) is 0.841. The van der Waals surface area contributed by atoms with Gasteiger partial charge >= 0.3 is 11.9 Å². The lowest BCUT2D eigenvalue weighted by Gasteiger charge is -2.21. The third-order valence-corrected chi connectivity index (χ3v) is 3.01. The van der Waals surface area contributed by atoms with Crippen LogP contribution in [0.1, 0.15) is 47.5 Å². The molecule has 0 aromatic carbocycles. The molecule has 0 N–H and O–H groups in total. The molecule has 0 spiro atoms. The van der Waals surface area contributed by atoms with Gasteiger partial charge in [0, 0.05) is 5.33 Å². The number of halogens is 1. The quantitative estimate of drug-likeness (QED) is 0.586. The van der Waals surface area contributed by atoms with E-state index in [-0.39, 0.29) is 29.4 Å². The smallest absolute Gasteiger partial charge is 0.309 e. The fourth-order valence-corrected chi connectivity index (χ4v) is 1.97. The van der Waals surface area contributed by atoms with E-state index in [4.69, 9.17) is 4.74 Å². The summed E-state index contributed by atoms with van der Waals surface area (Å²) in [6, 6.07) is 0. The molecule has 0 aliphatic carbocycles. The van der Waals surface area contributed by atoms with Crippen LogP contribution < -0.4 is 0 Å². The van der Waals surface area contributed by atoms with E-state index in [1.54, 1.807) is 0 Å². The number of alkyl halides is 1. The van der Waals surface area contributed by atoms with Crippen LogP contribution in [0.2, 0.25) is 0 Å². The van der Waals surface area contributed by atoms with E-state index in [9.17, 15) is 9.59 Å². The molecule has 1 aliphatic heterocycles. The van der Waals surface area contributed by atoms with Crippen molar-refractivity contribution in [3.63, 3.8) is 0 Å². The van der Waals surface area contributed by atoms with Crippen LogP contribution in [0.25, 0.3) is 0 Å². The normalized spacial score (nSPS) is 20.1. The van der Waals surface area contributed by atoms with Gasteiger partial charge in [0.2, 0.25) is 0 Å². The predicted octanol–water partition coefficient (Wildman–Crippen LogP) is 3.32. The summed E-state index contributed by atoms with van der Waals surface area (Å²) in [6.45, 7) is 10.0. The average molecular weight is 337 g/mol. The largest absolute Gasteiger partial charge is 0.465 e. The van der Waals surface area contributed by atoms with Crippen molar-refractivity contribution in [1.29, 1.82) is 0 Å². The number of hydrogen-bond acceptors (Lipinski definition) is 4. The second-order valence-corrected chi connectivity index (χ2v) is 6.56. The van der Waals surface area contributed by atoms with Crippen molar-refractivity contribution in [2.75, 3.05) is 11.9 Å². The lowest BCUT2D eigenvalue weighted by atomic mass is 10.1. The Bertz CT molecular complexity index is 296. The van der Waals surface area contributed by atoms with Crippen molar-refractivity contribution >= 4 is 27.9 Å². The van der Waals surface area contributed by atoms with Crippen molar-refractivity contribution in [2.45, 2.75) is 53.1 Å². The molecule has 0 radical (unpaired) electrons. The highest BCUT2D eigenvalue weighted by Crippen LogP contribution is 2.13. The van der Waals surface area contributed by atoms with Gasteiger partial charge in [-0.05, 0) is 33.6 Å². The predicted molar refractivity (Wildman–Crippen MR) is 78.2 cm³/mol. The minimum absolute atomic E-state index is 0.0106. The van der Waals surface area contributed by atoms with Crippen LogP contribution in [0.15, 0.2) is 0 Å². The summed E-state index contributed by atoms with van der Waals surface area (Å²) in [5.41, 5.74) is -0.363. The van der Waals surface area contributed by atoms with Gasteiger partial charge in [0.15, 0.2) is 0 Å². The average Bonchev–Trinajstić information content (AvgIpc) is 2.62. The highest BCUT2D eigenvalue weighted by atomic mass is 79.9. The number of cyclic esters (lactones) is 1. The molecule has 1 saturated heterocycles. The standard InChI is InChI=1S/C9H17BrO2.C5H8O2/c1-7(5-6-10)8(11)12-9(2,3)4;1-4-2-3-7-5(4)6/h7H,5-6H2,1-4H3;4H,2-3H2,1H3. The highest BCUT2D eigenvalue weighted by Gasteiger charge is 2.21. The Kier molecular flexibility index (Phi) is 8.30. The Balaban J connectivity index is 0.000000388. The molecule has 1 aliphatic rings. The molecule has 1 rings (SSSR count). The summed E-state index contributed by atoms with van der Waals surface area (Å²) in [5.74, 6) is -0.00875. The van der Waals surface area contributed by atoms with Crippen LogP contribution in [0.5, 0.6) is 0 Å². The Morgan fingerprint density at radius 1 is 1.53 bits per heavy atom. The summed E-state index contributed by atoms with van der Waals surface area (Å²) >= 11 is 3.29. The zero-order valence-corrected chi connectivity index (χ0v) is 14.1. The van der Waals surface area contributed by atoms with Crippen LogP contribution in [-0.4, -0.2) is 29.5 Å². The van der Waals surface area contributed by atoms with Gasteiger partial charge in [-0.15, -0.1) is 0 Å². The number of carbonyl (C=O) groups excluding carboxylic acids is 2. The fourth-order valence-electron chi connectivity index (χ4n) is 1.28. The lowest BCUT2D eigenvalue weighted by molar-refractivity contribution is -0.159. The first-order chi connectivity index (χ1) is 8.67. The minimum Gasteiger partial charge on any atom is -0.465 e. The molecule has 0 saturated carbocycles. The van der Waals surface area contributed by atoms with Gasteiger partial charge in [-0.25, -0.2) is 0 Å². The fraction of sp³-hybridized carbons (Fsp3) is 0.857. The number of ether oxygens (including phenoxy) is 2. The molecule has 1 fully saturated rings. The summed E-state index contributed by atoms with van der Waals surface area (Å²) in [4.78, 5) is 21.7. The van der Waals surface area contributed by atoms with E-state index in [2.05, 4.69) is 20.7 Å². The number of hydrogen-bond donors (Lipinski definition) is 0. The molecule has 4 nitrogen and oxygen atoms in total. The second-order valence-electron chi connectivity index (χ2n) is 5.77. The van der Waals surface area contributed by atoms with Gasteiger partial charge in [-0.3, -0.25) is 9.59 Å². The Morgan fingerprint density at radius 2 is 2.11 bits per heavy atom. The van der Waals surface area contributed by atoms with Gasteiger partial charge in [0.1, 0.15) is 5.60 Å². The van der Waals surface area contributed by atoms with E-state index in [1.807, 2.05) is 34.6 Å². The minimum atomic E-state index is -0.363. The zero-order valence-electron chi connectivity index (χ0n) is 12.5. The van der Waals surface area contributed by atoms with Gasteiger partial charge in [-0.1, -0.05) is 29.8 Å². The van der Waals surface area contributed by atoms with Crippen LogP contribution in [0.4, 0.5) is 0 Å². The van der Waals surface area contributed by atoms with Crippen molar-refractivity contribution in [2.24, 2.45) is 11.8 Å². The van der Waals surface area contributed by atoms with Crippen LogP contribution in [0.3, 0.4) is 0 Å². The molecule has 0 aromatic rings. The summed E-state index contributed by atoms with van der Waals surface area (Å²) < 4.78 is 9.82. The number of rotatable bonds is 3. The molecule has 0 aromatic heterocycles. The van der Waals surface area contributed by atoms with Crippen molar-refractivity contribution in [3.8, 4) is 0 Å². The zero-order chi connectivity index (χ0) is 15.1. The number of carbonyl (C=O) groups is 2. The van der Waals surface area contributed by atoms with Gasteiger partial charge < -0.3 is 9.47 Å². The first-order valence-electron chi connectivity index (χ1n) is 6.63. The maximum Gasteiger partial charge on any atom is 0.309 e. The third kappa shape index (κ3) is 9.03. The molecule has 1 heterocycles. The summed E-state index contributed by atoms with van der Waals surface area (Å²) in [7, 11) is 0. The lowest BCUT2D eigenvalue weighted by Crippen LogP contribution is -2.27. The molecule has 2 atom stereocenters. The Labute approximate surface area is 124 Å². The van der Waals surface area contributed by atoms with Crippen molar-refractivity contribution < 1.29 is 19.1 Å². The topological polar surface area (TPSA) is 52.6 Å². The molecular formula is C14H25BrO4. The first kappa shape index (κ1) is 18.4. The van der Waals surface area contributed by atoms with E-state index in [0.29, 0.717) is 6.61 Å². The maximum atomic E-state index is 11.3. The van der Waals surface area contributed by atoms with E-state index in [1.165, 1.54) is 0 Å². The van der Waals surface area contributed by atoms with Crippen LogP contribution in [0, 0.1) is 11.8 Å². The number of esters is 2. The highest BCUT2D eigenvalue weighted by molar-refractivity contribution is 9.09. The molecular weight excluding hydrogens is 312 g/mol. The molecule has 2 unspecified atom stereocenters. The second kappa shape index (κ2) is 8.56. The molecule has 112 valence electrons. The van der Waals surface area contributed by atoms with Crippen molar-refractivity contribution in [1.82, 2.24) is 0 Å². The summed E-state index contributed by atoms with van der Waals surface area (Å²) in [6.07, 6.45) is 1.73. The van der Waals surface area contributed by atoms with Crippen LogP contribution >= 0.6 is 15.9 Å². The molecule has 0 bridgehead atoms. The SMILES string of the molecule is CC(CCBr)C(=O)OC(C)(C)C.CC1CCOC1=O. The van der Waals surface area contributed by atoms with Gasteiger partial charge in [0.25, 0.3) is 0 Å². The Morgan fingerprint density at radius 3 is 2.37 bits per heavy atom. The van der Waals surface area contributed by atoms with Gasteiger partial charge in [-0.2, -0.15) is 0 Å². The first-order valence-corrected chi connectivity index (χ1v) is 7.75. The van der Waals surface area contributed by atoms with E-state index >= 15 is 0 Å².